The zero-order valence-corrected chi connectivity index (χ0v) is 12.0. The maximum atomic E-state index is 10.9. The Labute approximate surface area is 130 Å². The van der Waals surface area contributed by atoms with Crippen molar-refractivity contribution in [3.8, 4) is 0 Å². The third-order valence-electron chi connectivity index (χ3n) is 4.66. The van der Waals surface area contributed by atoms with Crippen molar-refractivity contribution in [2.75, 3.05) is 19.8 Å². The molecule has 1 unspecified atom stereocenters. The Morgan fingerprint density at radius 3 is 1.87 bits per heavy atom. The van der Waals surface area contributed by atoms with Gasteiger partial charge in [0.1, 0.15) is 36.6 Å². The van der Waals surface area contributed by atoms with Crippen LogP contribution in [0.15, 0.2) is 0 Å². The number of hydrogen-bond donors (Lipinski definition) is 9. The van der Waals surface area contributed by atoms with E-state index >= 15 is 0 Å². The molecule has 0 aromatic heterocycles. The van der Waals surface area contributed by atoms with Gasteiger partial charge in [-0.05, 0) is 0 Å². The van der Waals surface area contributed by atoms with E-state index in [2.05, 4.69) is 0 Å². The van der Waals surface area contributed by atoms with Crippen molar-refractivity contribution in [2.45, 2.75) is 54.1 Å². The first-order valence-electron chi connectivity index (χ1n) is 6.99. The molecular formula is C12H22O11. The lowest BCUT2D eigenvalue weighted by Crippen LogP contribution is -2.79. The summed E-state index contributed by atoms with van der Waals surface area (Å²) in [6.45, 7) is -2.91. The third kappa shape index (κ3) is 2.41. The van der Waals surface area contributed by atoms with Crippen LogP contribution in [-0.2, 0) is 9.47 Å². The van der Waals surface area contributed by atoms with Crippen LogP contribution in [0.2, 0.25) is 0 Å². The van der Waals surface area contributed by atoms with Crippen LogP contribution in [0.5, 0.6) is 0 Å². The molecule has 0 saturated carbocycles. The molecule has 11 heteroatoms. The van der Waals surface area contributed by atoms with Crippen LogP contribution in [-0.4, -0.2) is 120 Å². The van der Waals surface area contributed by atoms with E-state index in [1.54, 1.807) is 0 Å². The molecule has 11 nitrogen and oxygen atoms in total. The predicted molar refractivity (Wildman–Crippen MR) is 68.7 cm³/mol. The highest BCUT2D eigenvalue weighted by Gasteiger charge is 2.72. The van der Waals surface area contributed by atoms with Gasteiger partial charge in [-0.25, -0.2) is 0 Å². The fourth-order valence-corrected chi connectivity index (χ4v) is 3.29. The molecule has 0 aromatic rings. The zero-order chi connectivity index (χ0) is 17.6. The number of ether oxygens (including phenoxy) is 2. The van der Waals surface area contributed by atoms with Crippen LogP contribution in [0, 0.1) is 0 Å². The molecule has 0 radical (unpaired) electrons. The number of aliphatic hydroxyl groups excluding tert-OH is 8. The van der Waals surface area contributed by atoms with Crippen molar-refractivity contribution in [3.05, 3.63) is 0 Å². The van der Waals surface area contributed by atoms with Gasteiger partial charge in [0, 0.05) is 0 Å². The summed E-state index contributed by atoms with van der Waals surface area (Å²) in [5, 5.41) is 88.6. The molecule has 0 aliphatic carbocycles. The normalized spacial score (nSPS) is 54.4. The van der Waals surface area contributed by atoms with Gasteiger partial charge in [0.2, 0.25) is 0 Å². The molecule has 2 rings (SSSR count). The van der Waals surface area contributed by atoms with E-state index in [-0.39, 0.29) is 0 Å². The molecule has 0 bridgehead atoms. The van der Waals surface area contributed by atoms with Crippen molar-refractivity contribution >= 4 is 0 Å². The molecule has 0 aromatic carbocycles. The monoisotopic (exact) mass is 342 g/mol. The second-order valence-corrected chi connectivity index (χ2v) is 5.78. The second-order valence-electron chi connectivity index (χ2n) is 5.78. The van der Waals surface area contributed by atoms with Crippen LogP contribution >= 0.6 is 0 Å². The quantitative estimate of drug-likeness (QED) is 0.235. The molecule has 9 atom stereocenters. The van der Waals surface area contributed by atoms with Crippen LogP contribution in [0.25, 0.3) is 0 Å². The van der Waals surface area contributed by atoms with E-state index in [4.69, 9.17) is 14.6 Å². The van der Waals surface area contributed by atoms with Crippen molar-refractivity contribution in [1.82, 2.24) is 0 Å². The van der Waals surface area contributed by atoms with Crippen molar-refractivity contribution in [2.24, 2.45) is 0 Å². The van der Waals surface area contributed by atoms with Gasteiger partial charge in [-0.15, -0.1) is 0 Å². The first-order chi connectivity index (χ1) is 10.7. The van der Waals surface area contributed by atoms with E-state index in [1.165, 1.54) is 0 Å². The molecule has 2 aliphatic heterocycles. The minimum Gasteiger partial charge on any atom is -0.394 e. The van der Waals surface area contributed by atoms with E-state index in [0.717, 1.165) is 0 Å². The molecule has 2 aliphatic rings. The van der Waals surface area contributed by atoms with E-state index in [9.17, 15) is 40.9 Å². The van der Waals surface area contributed by atoms with Crippen LogP contribution in [0.3, 0.4) is 0 Å². The highest BCUT2D eigenvalue weighted by Crippen LogP contribution is 2.46. The molecule has 2 fully saturated rings. The smallest absolute Gasteiger partial charge is 0.184 e. The predicted octanol–water partition coefficient (Wildman–Crippen LogP) is -6.01. The molecule has 23 heavy (non-hydrogen) atoms. The minimum atomic E-state index is -2.81. The van der Waals surface area contributed by atoms with Crippen LogP contribution < -0.4 is 0 Å². The van der Waals surface area contributed by atoms with Gasteiger partial charge in [0.05, 0.1) is 19.8 Å². The zero-order valence-electron chi connectivity index (χ0n) is 12.0. The van der Waals surface area contributed by atoms with Gasteiger partial charge in [-0.2, -0.15) is 0 Å². The Morgan fingerprint density at radius 1 is 0.826 bits per heavy atom. The molecule has 0 spiro atoms. The molecule has 136 valence electrons. The number of rotatable bonds is 4. The maximum Gasteiger partial charge on any atom is 0.184 e. The molecule has 2 heterocycles. The molecule has 2 saturated heterocycles. The van der Waals surface area contributed by atoms with E-state index < -0.39 is 73.9 Å². The summed E-state index contributed by atoms with van der Waals surface area (Å²) >= 11 is 0. The van der Waals surface area contributed by atoms with Crippen LogP contribution in [0.4, 0.5) is 0 Å². The average Bonchev–Trinajstić information content (AvgIpc) is 2.81. The topological polar surface area (TPSA) is 201 Å². The number of aliphatic hydroxyl groups is 9. The van der Waals surface area contributed by atoms with Crippen molar-refractivity contribution in [3.63, 3.8) is 0 Å². The molecule has 0 amide bonds. The third-order valence-corrected chi connectivity index (χ3v) is 4.66. The summed E-state index contributed by atoms with van der Waals surface area (Å²) < 4.78 is 10.0. The largest absolute Gasteiger partial charge is 0.394 e. The lowest BCUT2D eigenvalue weighted by Gasteiger charge is -2.54. The Hall–Kier alpha value is -0.440. The standard InChI is InChI=1S/C12H22O11/c13-1-4-6(16)8(18)11(3-15,23-4)12(21)5(2-14)22-10(20)7(17)9(12)19/h4-10,13-21H,1-3H2/t4-,5+,6-,7+,8+,9+,10-,11?,12+/m0/s1. The first-order valence-corrected chi connectivity index (χ1v) is 6.99. The second kappa shape index (κ2) is 6.46. The minimum absolute atomic E-state index is 0.776. The summed E-state index contributed by atoms with van der Waals surface area (Å²) in [4.78, 5) is 0. The van der Waals surface area contributed by atoms with Gasteiger partial charge in [-0.3, -0.25) is 0 Å². The van der Waals surface area contributed by atoms with Gasteiger partial charge < -0.3 is 55.4 Å². The highest BCUT2D eigenvalue weighted by molar-refractivity contribution is 5.20. The summed E-state index contributed by atoms with van der Waals surface area (Å²) in [6.07, 6.45) is -13.1. The Kier molecular flexibility index (Phi) is 5.31. The Balaban J connectivity index is 2.52. The van der Waals surface area contributed by atoms with Crippen molar-refractivity contribution < 1.29 is 55.4 Å². The van der Waals surface area contributed by atoms with Gasteiger partial charge in [-0.1, -0.05) is 0 Å². The Bertz CT molecular complexity index is 418. The highest BCUT2D eigenvalue weighted by atomic mass is 16.7. The summed E-state index contributed by atoms with van der Waals surface area (Å²) in [5.41, 5.74) is -5.30. The fourth-order valence-electron chi connectivity index (χ4n) is 3.29. The average molecular weight is 342 g/mol. The van der Waals surface area contributed by atoms with Crippen molar-refractivity contribution in [1.29, 1.82) is 0 Å². The van der Waals surface area contributed by atoms with Gasteiger partial charge in [0.25, 0.3) is 0 Å². The first kappa shape index (κ1) is 18.9. The van der Waals surface area contributed by atoms with Crippen LogP contribution in [0.1, 0.15) is 0 Å². The fraction of sp³-hybridized carbons (Fsp3) is 1.00. The Morgan fingerprint density at radius 2 is 1.43 bits per heavy atom. The molecule has 9 N–H and O–H groups in total. The lowest BCUT2D eigenvalue weighted by molar-refractivity contribution is -0.370. The van der Waals surface area contributed by atoms with Gasteiger partial charge in [0.15, 0.2) is 17.5 Å². The van der Waals surface area contributed by atoms with Gasteiger partial charge >= 0.3 is 0 Å². The number of hydrogen-bond acceptors (Lipinski definition) is 11. The van der Waals surface area contributed by atoms with E-state index in [0.29, 0.717) is 0 Å². The van der Waals surface area contributed by atoms with E-state index in [1.807, 2.05) is 0 Å². The lowest BCUT2D eigenvalue weighted by atomic mass is 9.69. The summed E-state index contributed by atoms with van der Waals surface area (Å²) in [7, 11) is 0. The maximum absolute atomic E-state index is 10.9. The summed E-state index contributed by atoms with van der Waals surface area (Å²) in [5.74, 6) is 0. The summed E-state index contributed by atoms with van der Waals surface area (Å²) in [6, 6.07) is 0. The SMILES string of the molecule is OC[C@@H]1OC(CO)([C@]2(O)[C@H](O)[C@@H](O)[C@@H](O)O[C@@H]2CO)[C@H](O)[C@H]1O. The molecular weight excluding hydrogens is 320 g/mol.